The van der Waals surface area contributed by atoms with Gasteiger partial charge in [-0.1, -0.05) is 12.1 Å². The van der Waals surface area contributed by atoms with Crippen LogP contribution >= 0.6 is 0 Å². The Morgan fingerprint density at radius 3 is 2.55 bits per heavy atom. The second-order valence-electron chi connectivity index (χ2n) is 5.62. The Morgan fingerprint density at radius 1 is 1.15 bits per heavy atom. The second-order valence-corrected chi connectivity index (χ2v) is 5.62. The molecular formula is C17H25NO2. The van der Waals surface area contributed by atoms with Crippen molar-refractivity contribution in [1.82, 2.24) is 4.90 Å². The van der Waals surface area contributed by atoms with Crippen LogP contribution in [0.1, 0.15) is 24.8 Å². The molecule has 0 aromatic heterocycles. The first kappa shape index (κ1) is 14.9. The Kier molecular flexibility index (Phi) is 5.07. The van der Waals surface area contributed by atoms with Gasteiger partial charge < -0.3 is 14.4 Å². The maximum Gasteiger partial charge on any atom is 0.161 e. The zero-order valence-corrected chi connectivity index (χ0v) is 13.0. The molecule has 0 heterocycles. The number of allylic oxidation sites excluding steroid dienone is 1. The molecule has 0 aliphatic heterocycles. The molecule has 0 saturated carbocycles. The lowest BCUT2D eigenvalue weighted by Gasteiger charge is -2.27. The van der Waals surface area contributed by atoms with Gasteiger partial charge in [0.2, 0.25) is 0 Å². The maximum absolute atomic E-state index is 5.42. The summed E-state index contributed by atoms with van der Waals surface area (Å²) in [5.41, 5.74) is 2.71. The standard InChI is InChI=1S/C17H25NO2/c1-18(2)12-14-7-5-6-8-15(14)13-9-10-16(19-3)17(11-13)20-4/h8-11,14H,5-7,12H2,1-4H3. The molecule has 3 nitrogen and oxygen atoms in total. The molecule has 1 aromatic rings. The molecule has 110 valence electrons. The van der Waals surface area contributed by atoms with E-state index < -0.39 is 0 Å². The molecule has 3 heteroatoms. The van der Waals surface area contributed by atoms with E-state index in [0.29, 0.717) is 5.92 Å². The van der Waals surface area contributed by atoms with Crippen LogP contribution in [0, 0.1) is 5.92 Å². The zero-order valence-electron chi connectivity index (χ0n) is 13.0. The van der Waals surface area contributed by atoms with Gasteiger partial charge in [-0.2, -0.15) is 0 Å². The highest BCUT2D eigenvalue weighted by atomic mass is 16.5. The van der Waals surface area contributed by atoms with Gasteiger partial charge in [-0.3, -0.25) is 0 Å². The van der Waals surface area contributed by atoms with Crippen LogP contribution in [-0.2, 0) is 0 Å². The van der Waals surface area contributed by atoms with Crippen LogP contribution in [-0.4, -0.2) is 39.8 Å². The highest BCUT2D eigenvalue weighted by Gasteiger charge is 2.20. The quantitative estimate of drug-likeness (QED) is 0.821. The van der Waals surface area contributed by atoms with Gasteiger partial charge in [-0.25, -0.2) is 0 Å². The van der Waals surface area contributed by atoms with E-state index in [0.717, 1.165) is 18.0 Å². The van der Waals surface area contributed by atoms with Gasteiger partial charge in [0.1, 0.15) is 0 Å². The summed E-state index contributed by atoms with van der Waals surface area (Å²) in [6.45, 7) is 1.10. The van der Waals surface area contributed by atoms with E-state index in [-0.39, 0.29) is 0 Å². The van der Waals surface area contributed by atoms with E-state index in [9.17, 15) is 0 Å². The lowest BCUT2D eigenvalue weighted by Crippen LogP contribution is -2.24. The van der Waals surface area contributed by atoms with E-state index >= 15 is 0 Å². The summed E-state index contributed by atoms with van der Waals surface area (Å²) in [5, 5.41) is 0. The van der Waals surface area contributed by atoms with Gasteiger partial charge in [0.05, 0.1) is 14.2 Å². The third-order valence-electron chi connectivity index (χ3n) is 3.86. The maximum atomic E-state index is 5.42. The number of hydrogen-bond donors (Lipinski definition) is 0. The molecular weight excluding hydrogens is 250 g/mol. The summed E-state index contributed by atoms with van der Waals surface area (Å²) < 4.78 is 10.7. The summed E-state index contributed by atoms with van der Waals surface area (Å²) >= 11 is 0. The molecule has 0 N–H and O–H groups in total. The van der Waals surface area contributed by atoms with Crippen molar-refractivity contribution in [3.05, 3.63) is 29.8 Å². The molecule has 0 spiro atoms. The lowest BCUT2D eigenvalue weighted by molar-refractivity contribution is 0.345. The van der Waals surface area contributed by atoms with Crippen LogP contribution < -0.4 is 9.47 Å². The van der Waals surface area contributed by atoms with Crippen LogP contribution in [0.2, 0.25) is 0 Å². The van der Waals surface area contributed by atoms with Crippen LogP contribution in [0.3, 0.4) is 0 Å². The Morgan fingerprint density at radius 2 is 1.90 bits per heavy atom. The zero-order chi connectivity index (χ0) is 14.5. The SMILES string of the molecule is COc1ccc(C2=CCCCC2CN(C)C)cc1OC. The number of hydrogen-bond acceptors (Lipinski definition) is 3. The van der Waals surface area contributed by atoms with Crippen LogP contribution in [0.25, 0.3) is 5.57 Å². The fraction of sp³-hybridized carbons (Fsp3) is 0.529. The molecule has 1 aliphatic rings. The highest BCUT2D eigenvalue weighted by molar-refractivity contribution is 5.70. The minimum atomic E-state index is 0.608. The number of rotatable bonds is 5. The molecule has 1 aromatic carbocycles. The van der Waals surface area contributed by atoms with Crippen LogP contribution in [0.15, 0.2) is 24.3 Å². The molecule has 1 aliphatic carbocycles. The fourth-order valence-electron chi connectivity index (χ4n) is 2.94. The molecule has 1 atom stereocenters. The molecule has 0 saturated heterocycles. The average Bonchev–Trinajstić information content (AvgIpc) is 2.46. The Balaban J connectivity index is 2.30. The summed E-state index contributed by atoms with van der Waals surface area (Å²) in [5.74, 6) is 2.20. The predicted molar refractivity (Wildman–Crippen MR) is 83.4 cm³/mol. The molecule has 0 bridgehead atoms. The van der Waals surface area contributed by atoms with Gasteiger partial charge in [-0.15, -0.1) is 0 Å². The summed E-state index contributed by atoms with van der Waals surface area (Å²) in [4.78, 5) is 2.27. The fourth-order valence-corrected chi connectivity index (χ4v) is 2.94. The smallest absolute Gasteiger partial charge is 0.161 e. The third-order valence-corrected chi connectivity index (χ3v) is 3.86. The molecule has 0 fully saturated rings. The lowest BCUT2D eigenvalue weighted by atomic mass is 9.83. The normalized spacial score (nSPS) is 18.9. The molecule has 20 heavy (non-hydrogen) atoms. The monoisotopic (exact) mass is 275 g/mol. The van der Waals surface area contributed by atoms with Gasteiger partial charge in [-0.05, 0) is 62.5 Å². The second kappa shape index (κ2) is 6.80. The van der Waals surface area contributed by atoms with Crippen molar-refractivity contribution in [3.63, 3.8) is 0 Å². The molecule has 0 radical (unpaired) electrons. The first-order valence-corrected chi connectivity index (χ1v) is 7.23. The van der Waals surface area contributed by atoms with Crippen molar-refractivity contribution in [1.29, 1.82) is 0 Å². The molecule has 1 unspecified atom stereocenters. The number of benzene rings is 1. The van der Waals surface area contributed by atoms with E-state index in [2.05, 4.69) is 37.2 Å². The summed E-state index contributed by atoms with van der Waals surface area (Å²) in [6, 6.07) is 6.23. The Labute approximate surface area is 122 Å². The minimum Gasteiger partial charge on any atom is -0.493 e. The van der Waals surface area contributed by atoms with Crippen molar-refractivity contribution in [2.24, 2.45) is 5.92 Å². The van der Waals surface area contributed by atoms with Gasteiger partial charge in [0.15, 0.2) is 11.5 Å². The van der Waals surface area contributed by atoms with Gasteiger partial charge in [0, 0.05) is 6.54 Å². The first-order valence-electron chi connectivity index (χ1n) is 7.23. The minimum absolute atomic E-state index is 0.608. The number of methoxy groups -OCH3 is 2. The summed E-state index contributed by atoms with van der Waals surface area (Å²) in [6.07, 6.45) is 6.11. The van der Waals surface area contributed by atoms with Crippen molar-refractivity contribution in [2.45, 2.75) is 19.3 Å². The van der Waals surface area contributed by atoms with Crippen molar-refractivity contribution in [2.75, 3.05) is 34.9 Å². The predicted octanol–water partition coefficient (Wildman–Crippen LogP) is 3.45. The highest BCUT2D eigenvalue weighted by Crippen LogP contribution is 2.37. The summed E-state index contributed by atoms with van der Waals surface area (Å²) in [7, 11) is 7.64. The van der Waals surface area contributed by atoms with E-state index in [1.165, 1.54) is 30.4 Å². The third kappa shape index (κ3) is 3.34. The van der Waals surface area contributed by atoms with Crippen LogP contribution in [0.5, 0.6) is 11.5 Å². The number of ether oxygens (including phenoxy) is 2. The van der Waals surface area contributed by atoms with E-state index in [1.54, 1.807) is 14.2 Å². The average molecular weight is 275 g/mol. The van der Waals surface area contributed by atoms with E-state index in [1.807, 2.05) is 6.07 Å². The van der Waals surface area contributed by atoms with Crippen molar-refractivity contribution >= 4 is 5.57 Å². The van der Waals surface area contributed by atoms with Crippen molar-refractivity contribution < 1.29 is 9.47 Å². The largest absolute Gasteiger partial charge is 0.493 e. The van der Waals surface area contributed by atoms with Crippen molar-refractivity contribution in [3.8, 4) is 11.5 Å². The number of nitrogens with zero attached hydrogens (tertiary/aromatic N) is 1. The van der Waals surface area contributed by atoms with Crippen LogP contribution in [0.4, 0.5) is 0 Å². The van der Waals surface area contributed by atoms with E-state index in [4.69, 9.17) is 9.47 Å². The Hall–Kier alpha value is -1.48. The topological polar surface area (TPSA) is 21.7 Å². The Bertz CT molecular complexity index is 480. The molecule has 0 amide bonds. The first-order chi connectivity index (χ1) is 9.65. The van der Waals surface area contributed by atoms with Gasteiger partial charge in [0.25, 0.3) is 0 Å². The molecule has 2 rings (SSSR count). The van der Waals surface area contributed by atoms with Gasteiger partial charge >= 0.3 is 0 Å².